The Labute approximate surface area is 115 Å². The quantitative estimate of drug-likeness (QED) is 0.841. The lowest BCUT2D eigenvalue weighted by Crippen LogP contribution is -2.25. The molecule has 1 aromatic heterocycles. The summed E-state index contributed by atoms with van der Waals surface area (Å²) in [7, 11) is 2.08. The van der Waals surface area contributed by atoms with Crippen molar-refractivity contribution in [3.63, 3.8) is 0 Å². The second-order valence-electron chi connectivity index (χ2n) is 5.70. The van der Waals surface area contributed by atoms with Gasteiger partial charge in [-0.3, -0.25) is 0 Å². The first kappa shape index (κ1) is 13.9. The Morgan fingerprint density at radius 1 is 1.17 bits per heavy atom. The van der Waals surface area contributed by atoms with Gasteiger partial charge in [-0.25, -0.2) is 0 Å². The number of nitrogens with zero attached hydrogens (tertiary/aromatic N) is 2. The third kappa shape index (κ3) is 3.09. The Bertz CT molecular complexity index is 354. The van der Waals surface area contributed by atoms with E-state index in [2.05, 4.69) is 35.8 Å². The Kier molecular flexibility index (Phi) is 5.13. The maximum Gasteiger partial charge on any atom is 0.0829 e. The monoisotopic (exact) mass is 267 g/mol. The van der Waals surface area contributed by atoms with Crippen molar-refractivity contribution >= 4 is 11.5 Å². The molecule has 1 fully saturated rings. The minimum absolute atomic E-state index is 0.459. The van der Waals surface area contributed by atoms with E-state index >= 15 is 0 Å². The van der Waals surface area contributed by atoms with Crippen molar-refractivity contribution in [2.24, 2.45) is 5.92 Å². The van der Waals surface area contributed by atoms with Gasteiger partial charge in [0.15, 0.2) is 0 Å². The van der Waals surface area contributed by atoms with Crippen LogP contribution in [0.2, 0.25) is 0 Å². The molecule has 102 valence electrons. The molecule has 18 heavy (non-hydrogen) atoms. The third-order valence-corrected chi connectivity index (χ3v) is 4.87. The minimum atomic E-state index is 0.459. The van der Waals surface area contributed by atoms with Crippen LogP contribution in [0, 0.1) is 5.92 Å². The fraction of sp³-hybridized carbons (Fsp3) is 0.857. The number of nitrogens with one attached hydrogen (secondary N) is 1. The summed E-state index contributed by atoms with van der Waals surface area (Å²) < 4.78 is 4.18. The fourth-order valence-corrected chi connectivity index (χ4v) is 4.06. The highest BCUT2D eigenvalue weighted by Crippen LogP contribution is 2.37. The zero-order valence-electron chi connectivity index (χ0n) is 11.8. The highest BCUT2D eigenvalue weighted by Gasteiger charge is 2.27. The molecule has 2 rings (SSSR count). The van der Waals surface area contributed by atoms with Gasteiger partial charge in [-0.2, -0.15) is 0 Å². The summed E-state index contributed by atoms with van der Waals surface area (Å²) in [4.78, 5) is 1.37. The van der Waals surface area contributed by atoms with Gasteiger partial charge >= 0.3 is 0 Å². The highest BCUT2D eigenvalue weighted by atomic mass is 32.1. The van der Waals surface area contributed by atoms with Gasteiger partial charge < -0.3 is 5.32 Å². The molecule has 1 aromatic rings. The van der Waals surface area contributed by atoms with E-state index < -0.39 is 0 Å². The molecule has 0 aliphatic heterocycles. The van der Waals surface area contributed by atoms with Gasteiger partial charge in [-0.15, -0.1) is 5.10 Å². The summed E-state index contributed by atoms with van der Waals surface area (Å²) in [6.45, 7) is 4.42. The Morgan fingerprint density at radius 3 is 2.39 bits per heavy atom. The fourth-order valence-electron chi connectivity index (χ4n) is 3.05. The van der Waals surface area contributed by atoms with Crippen LogP contribution in [0.4, 0.5) is 0 Å². The molecular weight excluding hydrogens is 242 g/mol. The molecule has 0 spiro atoms. The first-order valence-corrected chi connectivity index (χ1v) is 8.00. The van der Waals surface area contributed by atoms with Crippen LogP contribution in [0.25, 0.3) is 0 Å². The summed E-state index contributed by atoms with van der Waals surface area (Å²) >= 11 is 1.59. The van der Waals surface area contributed by atoms with Crippen LogP contribution in [0.5, 0.6) is 0 Å². The van der Waals surface area contributed by atoms with Crippen LogP contribution in [0.3, 0.4) is 0 Å². The van der Waals surface area contributed by atoms with Crippen molar-refractivity contribution < 1.29 is 0 Å². The van der Waals surface area contributed by atoms with E-state index in [0.29, 0.717) is 12.0 Å². The summed E-state index contributed by atoms with van der Waals surface area (Å²) in [5.41, 5.74) is 1.20. The number of hydrogen-bond donors (Lipinski definition) is 1. The van der Waals surface area contributed by atoms with Crippen molar-refractivity contribution in [3.8, 4) is 0 Å². The molecule has 1 heterocycles. The predicted octanol–water partition coefficient (Wildman–Crippen LogP) is 3.89. The largest absolute Gasteiger partial charge is 0.312 e. The average Bonchev–Trinajstić information content (AvgIpc) is 2.67. The average molecular weight is 267 g/mol. The normalized spacial score (nSPS) is 20.0. The lowest BCUT2D eigenvalue weighted by molar-refractivity contribution is 0.343. The van der Waals surface area contributed by atoms with Gasteiger partial charge in [-0.05, 0) is 43.3 Å². The summed E-state index contributed by atoms with van der Waals surface area (Å²) in [5, 5.41) is 7.86. The summed E-state index contributed by atoms with van der Waals surface area (Å²) in [5.74, 6) is 1.23. The maximum absolute atomic E-state index is 4.33. The molecular formula is C14H25N3S. The van der Waals surface area contributed by atoms with Crippen molar-refractivity contribution in [2.45, 2.75) is 64.3 Å². The molecule has 0 aromatic carbocycles. The molecule has 0 bridgehead atoms. The van der Waals surface area contributed by atoms with E-state index in [0.717, 1.165) is 5.92 Å². The molecule has 0 radical (unpaired) electrons. The van der Waals surface area contributed by atoms with Crippen LogP contribution in [0.15, 0.2) is 0 Å². The van der Waals surface area contributed by atoms with E-state index in [4.69, 9.17) is 0 Å². The van der Waals surface area contributed by atoms with Crippen molar-refractivity contribution in [1.82, 2.24) is 14.9 Å². The van der Waals surface area contributed by atoms with Gasteiger partial charge in [0, 0.05) is 6.04 Å². The van der Waals surface area contributed by atoms with E-state index in [1.807, 2.05) is 0 Å². The molecule has 1 atom stereocenters. The number of hydrogen-bond acceptors (Lipinski definition) is 4. The Hall–Kier alpha value is -0.480. The summed E-state index contributed by atoms with van der Waals surface area (Å²) in [6.07, 6.45) is 8.27. The van der Waals surface area contributed by atoms with Crippen molar-refractivity contribution in [3.05, 3.63) is 10.6 Å². The van der Waals surface area contributed by atoms with Gasteiger partial charge in [-0.1, -0.05) is 44.0 Å². The smallest absolute Gasteiger partial charge is 0.0829 e. The zero-order chi connectivity index (χ0) is 13.0. The molecule has 1 aliphatic carbocycles. The molecule has 3 nitrogen and oxygen atoms in total. The van der Waals surface area contributed by atoms with E-state index in [-0.39, 0.29) is 0 Å². The molecule has 0 amide bonds. The van der Waals surface area contributed by atoms with Crippen LogP contribution >= 0.6 is 11.5 Å². The lowest BCUT2D eigenvalue weighted by Gasteiger charge is -2.25. The molecule has 4 heteroatoms. The van der Waals surface area contributed by atoms with Crippen LogP contribution < -0.4 is 5.32 Å². The van der Waals surface area contributed by atoms with E-state index in [9.17, 15) is 0 Å². The Balaban J connectivity index is 2.18. The first-order chi connectivity index (χ1) is 8.74. The minimum Gasteiger partial charge on any atom is -0.312 e. The zero-order valence-corrected chi connectivity index (χ0v) is 12.6. The van der Waals surface area contributed by atoms with Gasteiger partial charge in [0.05, 0.1) is 10.6 Å². The van der Waals surface area contributed by atoms with E-state index in [1.54, 1.807) is 11.5 Å². The Morgan fingerprint density at radius 2 is 1.83 bits per heavy atom. The van der Waals surface area contributed by atoms with E-state index in [1.165, 1.54) is 49.1 Å². The van der Waals surface area contributed by atoms with Crippen LogP contribution in [-0.4, -0.2) is 16.6 Å². The lowest BCUT2D eigenvalue weighted by atomic mass is 9.89. The van der Waals surface area contributed by atoms with Gasteiger partial charge in [0.1, 0.15) is 0 Å². The molecule has 1 aliphatic rings. The maximum atomic E-state index is 4.33. The standard InChI is InChI=1S/C14H25N3S/c1-10(2)12-14(18-17-16-12)13(15-3)11-8-6-4-5-7-9-11/h10-11,13,15H,4-9H2,1-3H3. The first-order valence-electron chi connectivity index (χ1n) is 7.23. The third-order valence-electron chi connectivity index (χ3n) is 4.05. The van der Waals surface area contributed by atoms with Gasteiger partial charge in [0.25, 0.3) is 0 Å². The summed E-state index contributed by atoms with van der Waals surface area (Å²) in [6, 6.07) is 0.459. The van der Waals surface area contributed by atoms with Crippen molar-refractivity contribution in [2.75, 3.05) is 7.05 Å². The molecule has 1 unspecified atom stereocenters. The molecule has 1 N–H and O–H groups in total. The number of rotatable bonds is 4. The SMILES string of the molecule is CNC(c1snnc1C(C)C)C1CCCCCC1. The number of aromatic nitrogens is 2. The van der Waals surface area contributed by atoms with Crippen LogP contribution in [-0.2, 0) is 0 Å². The second-order valence-corrected chi connectivity index (χ2v) is 6.48. The highest BCUT2D eigenvalue weighted by molar-refractivity contribution is 7.05. The topological polar surface area (TPSA) is 37.8 Å². The van der Waals surface area contributed by atoms with Crippen molar-refractivity contribution in [1.29, 1.82) is 0 Å². The molecule has 1 saturated carbocycles. The molecule has 0 saturated heterocycles. The van der Waals surface area contributed by atoms with Gasteiger partial charge in [0.2, 0.25) is 0 Å². The predicted molar refractivity (Wildman–Crippen MR) is 77.0 cm³/mol. The second kappa shape index (κ2) is 6.62. The van der Waals surface area contributed by atoms with Crippen LogP contribution in [0.1, 0.15) is 74.9 Å².